The maximum absolute atomic E-state index is 5.75. The van der Waals surface area contributed by atoms with Gasteiger partial charge in [0.05, 0.1) is 11.1 Å². The van der Waals surface area contributed by atoms with Crippen molar-refractivity contribution in [2.45, 2.75) is 19.8 Å². The van der Waals surface area contributed by atoms with E-state index in [-0.39, 0.29) is 0 Å². The number of halogens is 1. The number of aryl methyl sites for hydroxylation is 1. The lowest BCUT2D eigenvalue weighted by molar-refractivity contribution is 0.537. The van der Waals surface area contributed by atoms with E-state index in [4.69, 9.17) is 28.9 Å². The van der Waals surface area contributed by atoms with Crippen LogP contribution >= 0.6 is 40.4 Å². The molecule has 0 unspecified atom stereocenters. The van der Waals surface area contributed by atoms with Gasteiger partial charge < -0.3 is 4.42 Å². The van der Waals surface area contributed by atoms with Crippen molar-refractivity contribution in [3.05, 3.63) is 62.0 Å². The van der Waals surface area contributed by atoms with E-state index in [0.717, 1.165) is 28.4 Å². The number of aromatic nitrogens is 1. The molecule has 0 aliphatic carbocycles. The van der Waals surface area contributed by atoms with Crippen molar-refractivity contribution in [3.63, 3.8) is 0 Å². The average Bonchev–Trinajstić information content (AvgIpc) is 2.50. The zero-order valence-electron chi connectivity index (χ0n) is 12.0. The second-order valence-electron chi connectivity index (χ2n) is 5.07. The van der Waals surface area contributed by atoms with Gasteiger partial charge in [0.2, 0.25) is 0 Å². The number of hydrogen-bond donors (Lipinski definition) is 0. The molecule has 0 saturated carbocycles. The highest BCUT2D eigenvalue weighted by Gasteiger charge is 2.07. The van der Waals surface area contributed by atoms with Crippen LogP contribution in [0.2, 0.25) is 0 Å². The molecule has 0 N–H and O–H groups in total. The quantitative estimate of drug-likeness (QED) is 0.481. The van der Waals surface area contributed by atoms with Gasteiger partial charge in [-0.25, -0.2) is 0 Å². The van der Waals surface area contributed by atoms with E-state index >= 15 is 0 Å². The van der Waals surface area contributed by atoms with E-state index in [2.05, 4.69) is 35.0 Å². The SMILES string of the molecule is CCCc1ccc(-n2c(=S)oc3ccc(Br)cc3c2=S)cc1. The monoisotopic (exact) mass is 391 g/mol. The van der Waals surface area contributed by atoms with Gasteiger partial charge in [-0.3, -0.25) is 4.57 Å². The lowest BCUT2D eigenvalue weighted by atomic mass is 10.1. The van der Waals surface area contributed by atoms with Crippen molar-refractivity contribution in [2.24, 2.45) is 0 Å². The molecule has 0 radical (unpaired) electrons. The Labute approximate surface area is 147 Å². The first-order valence-electron chi connectivity index (χ1n) is 7.05. The number of nitrogens with zero attached hydrogens (tertiary/aromatic N) is 1. The van der Waals surface area contributed by atoms with E-state index in [1.54, 1.807) is 4.57 Å². The predicted molar refractivity (Wildman–Crippen MR) is 98.9 cm³/mol. The van der Waals surface area contributed by atoms with Crippen LogP contribution in [0, 0.1) is 9.48 Å². The molecule has 0 aliphatic rings. The fourth-order valence-corrected chi connectivity index (χ4v) is 3.48. The Morgan fingerprint density at radius 1 is 1.09 bits per heavy atom. The molecule has 0 bridgehead atoms. The fourth-order valence-electron chi connectivity index (χ4n) is 2.42. The number of fused-ring (bicyclic) bond motifs is 1. The summed E-state index contributed by atoms with van der Waals surface area (Å²) in [7, 11) is 0. The maximum Gasteiger partial charge on any atom is 0.274 e. The predicted octanol–water partition coefficient (Wildman–Crippen LogP) is 6.40. The smallest absolute Gasteiger partial charge is 0.274 e. The van der Waals surface area contributed by atoms with Gasteiger partial charge in [0, 0.05) is 4.47 Å². The van der Waals surface area contributed by atoms with Gasteiger partial charge in [0.1, 0.15) is 10.2 Å². The molecule has 0 amide bonds. The lowest BCUT2D eigenvalue weighted by Crippen LogP contribution is -1.99. The molecule has 2 nitrogen and oxygen atoms in total. The van der Waals surface area contributed by atoms with Crippen LogP contribution in [0.15, 0.2) is 51.4 Å². The molecule has 3 rings (SSSR count). The molecular formula is C17H14BrNOS2. The zero-order chi connectivity index (χ0) is 15.7. The van der Waals surface area contributed by atoms with Crippen LogP contribution in [0.4, 0.5) is 0 Å². The summed E-state index contributed by atoms with van der Waals surface area (Å²) < 4.78 is 9.18. The summed E-state index contributed by atoms with van der Waals surface area (Å²) in [5.41, 5.74) is 2.95. The first kappa shape index (κ1) is 15.6. The summed E-state index contributed by atoms with van der Waals surface area (Å²) in [4.78, 5) is 0.364. The second-order valence-corrected chi connectivity index (χ2v) is 6.72. The molecule has 22 heavy (non-hydrogen) atoms. The summed E-state index contributed by atoms with van der Waals surface area (Å²) in [5.74, 6) is 0. The standard InChI is InChI=1S/C17H14BrNOS2/c1-2-3-11-4-7-13(8-5-11)19-16(21)14-10-12(18)6-9-15(14)20-17(19)22/h4-10H,2-3H2,1H3. The molecule has 2 aromatic carbocycles. The normalized spacial score (nSPS) is 11.0. The molecule has 0 fully saturated rings. The fraction of sp³-hybridized carbons (Fsp3) is 0.176. The van der Waals surface area contributed by atoms with E-state index in [1.165, 1.54) is 5.56 Å². The van der Waals surface area contributed by atoms with E-state index in [1.807, 2.05) is 30.3 Å². The number of benzene rings is 2. The molecule has 3 aromatic rings. The van der Waals surface area contributed by atoms with Crippen LogP contribution in [0.1, 0.15) is 18.9 Å². The van der Waals surface area contributed by atoms with Crippen LogP contribution in [0.25, 0.3) is 16.7 Å². The zero-order valence-corrected chi connectivity index (χ0v) is 15.2. The van der Waals surface area contributed by atoms with E-state index in [9.17, 15) is 0 Å². The molecule has 0 spiro atoms. The first-order chi connectivity index (χ1) is 10.6. The Morgan fingerprint density at radius 3 is 2.50 bits per heavy atom. The minimum atomic E-state index is 0.364. The minimum Gasteiger partial charge on any atom is -0.431 e. The largest absolute Gasteiger partial charge is 0.431 e. The van der Waals surface area contributed by atoms with Gasteiger partial charge in [-0.05, 0) is 54.5 Å². The molecule has 0 atom stereocenters. The van der Waals surface area contributed by atoms with Crippen molar-refractivity contribution in [1.29, 1.82) is 0 Å². The third-order valence-electron chi connectivity index (χ3n) is 3.49. The molecular weight excluding hydrogens is 378 g/mol. The van der Waals surface area contributed by atoms with Crippen LogP contribution in [-0.4, -0.2) is 4.57 Å². The highest BCUT2D eigenvalue weighted by atomic mass is 79.9. The van der Waals surface area contributed by atoms with Crippen LogP contribution < -0.4 is 0 Å². The highest BCUT2D eigenvalue weighted by Crippen LogP contribution is 2.24. The first-order valence-corrected chi connectivity index (χ1v) is 8.66. The average molecular weight is 392 g/mol. The van der Waals surface area contributed by atoms with E-state index < -0.39 is 0 Å². The molecule has 0 saturated heterocycles. The van der Waals surface area contributed by atoms with Gasteiger partial charge in [-0.2, -0.15) is 0 Å². The Morgan fingerprint density at radius 2 is 1.82 bits per heavy atom. The lowest BCUT2D eigenvalue weighted by Gasteiger charge is -2.10. The van der Waals surface area contributed by atoms with Crippen LogP contribution in [0.3, 0.4) is 0 Å². The number of hydrogen-bond acceptors (Lipinski definition) is 3. The van der Waals surface area contributed by atoms with Crippen molar-refractivity contribution < 1.29 is 4.42 Å². The third kappa shape index (κ3) is 2.93. The maximum atomic E-state index is 5.75. The van der Waals surface area contributed by atoms with Gasteiger partial charge in [-0.15, -0.1) is 0 Å². The van der Waals surface area contributed by atoms with Gasteiger partial charge in [0.25, 0.3) is 4.84 Å². The molecule has 1 aromatic heterocycles. The van der Waals surface area contributed by atoms with Crippen molar-refractivity contribution >= 4 is 51.3 Å². The Kier molecular flexibility index (Phi) is 4.57. The van der Waals surface area contributed by atoms with Gasteiger partial charge in [-0.1, -0.05) is 53.6 Å². The van der Waals surface area contributed by atoms with Crippen LogP contribution in [0.5, 0.6) is 0 Å². The van der Waals surface area contributed by atoms with Gasteiger partial charge >= 0.3 is 0 Å². The Bertz CT molecular complexity index is 942. The van der Waals surface area contributed by atoms with Crippen molar-refractivity contribution in [1.82, 2.24) is 4.57 Å². The molecule has 0 aliphatic heterocycles. The minimum absolute atomic E-state index is 0.364. The van der Waals surface area contributed by atoms with Crippen LogP contribution in [-0.2, 0) is 6.42 Å². The van der Waals surface area contributed by atoms with E-state index in [0.29, 0.717) is 15.1 Å². The third-order valence-corrected chi connectivity index (χ3v) is 4.65. The molecule has 1 heterocycles. The van der Waals surface area contributed by atoms with Crippen molar-refractivity contribution in [2.75, 3.05) is 0 Å². The Balaban J connectivity index is 2.22. The van der Waals surface area contributed by atoms with Gasteiger partial charge in [0.15, 0.2) is 0 Å². The number of rotatable bonds is 3. The summed E-state index contributed by atoms with van der Waals surface area (Å²) in [5, 5.41) is 0.871. The summed E-state index contributed by atoms with van der Waals surface area (Å²) >= 11 is 14.5. The molecule has 112 valence electrons. The topological polar surface area (TPSA) is 18.1 Å². The van der Waals surface area contributed by atoms with Crippen molar-refractivity contribution in [3.8, 4) is 5.69 Å². The highest BCUT2D eigenvalue weighted by molar-refractivity contribution is 9.10. The molecule has 5 heteroatoms. The summed E-state index contributed by atoms with van der Waals surface area (Å²) in [6.07, 6.45) is 2.20. The summed E-state index contributed by atoms with van der Waals surface area (Å²) in [6.45, 7) is 2.17. The second kappa shape index (κ2) is 6.44. The summed E-state index contributed by atoms with van der Waals surface area (Å²) in [6, 6.07) is 14.0. The Hall–Kier alpha value is -1.30.